The van der Waals surface area contributed by atoms with Gasteiger partial charge in [0.25, 0.3) is 5.91 Å². The molecule has 0 aromatic heterocycles. The summed E-state index contributed by atoms with van der Waals surface area (Å²) in [5.74, 6) is 2.40. The Morgan fingerprint density at radius 2 is 2.05 bits per heavy atom. The van der Waals surface area contributed by atoms with Crippen LogP contribution >= 0.6 is 0 Å². The second-order valence-corrected chi connectivity index (χ2v) is 5.08. The van der Waals surface area contributed by atoms with E-state index in [1.165, 1.54) is 0 Å². The summed E-state index contributed by atoms with van der Waals surface area (Å²) in [6.45, 7) is 4.01. The largest absolute Gasteiger partial charge is 0.368 e. The quantitative estimate of drug-likeness (QED) is 0.675. The Balaban J connectivity index is 1.70. The molecular formula is C14H21N3O3. The molecule has 2 saturated heterocycles. The van der Waals surface area contributed by atoms with Crippen molar-refractivity contribution >= 4 is 11.8 Å². The molecule has 6 nitrogen and oxygen atoms in total. The highest BCUT2D eigenvalue weighted by atomic mass is 16.5. The average molecular weight is 279 g/mol. The number of terminal acetylenes is 1. The van der Waals surface area contributed by atoms with Crippen molar-refractivity contribution in [2.24, 2.45) is 0 Å². The first-order valence-corrected chi connectivity index (χ1v) is 7.03. The number of nitrogens with zero attached hydrogens (tertiary/aromatic N) is 2. The maximum absolute atomic E-state index is 12.2. The Labute approximate surface area is 119 Å². The van der Waals surface area contributed by atoms with Crippen molar-refractivity contribution in [3.8, 4) is 12.3 Å². The van der Waals surface area contributed by atoms with Gasteiger partial charge >= 0.3 is 0 Å². The molecule has 0 aromatic carbocycles. The van der Waals surface area contributed by atoms with Crippen molar-refractivity contribution in [1.82, 2.24) is 15.1 Å². The molecule has 110 valence electrons. The second-order valence-electron chi connectivity index (χ2n) is 5.08. The lowest BCUT2D eigenvalue weighted by Crippen LogP contribution is -2.53. The monoisotopic (exact) mass is 279 g/mol. The molecule has 1 atom stereocenters. The number of hydrogen-bond donors (Lipinski definition) is 1. The zero-order valence-electron chi connectivity index (χ0n) is 11.6. The highest BCUT2D eigenvalue weighted by Gasteiger charge is 2.30. The van der Waals surface area contributed by atoms with E-state index in [2.05, 4.69) is 11.2 Å². The van der Waals surface area contributed by atoms with Crippen molar-refractivity contribution < 1.29 is 14.3 Å². The van der Waals surface area contributed by atoms with Crippen LogP contribution in [0.4, 0.5) is 0 Å². The van der Waals surface area contributed by atoms with Crippen LogP contribution in [0.15, 0.2) is 0 Å². The molecule has 0 aliphatic carbocycles. The van der Waals surface area contributed by atoms with Gasteiger partial charge in [-0.25, -0.2) is 0 Å². The van der Waals surface area contributed by atoms with Crippen LogP contribution in [0.1, 0.15) is 12.8 Å². The van der Waals surface area contributed by atoms with Crippen molar-refractivity contribution in [2.45, 2.75) is 18.9 Å². The van der Waals surface area contributed by atoms with E-state index in [1.807, 2.05) is 9.80 Å². The van der Waals surface area contributed by atoms with Crippen LogP contribution in [0.2, 0.25) is 0 Å². The Morgan fingerprint density at radius 3 is 2.65 bits per heavy atom. The lowest BCUT2D eigenvalue weighted by atomic mass is 10.2. The number of carbonyl (C=O) groups excluding carboxylic acids is 2. The maximum Gasteiger partial charge on any atom is 0.251 e. The number of rotatable bonds is 4. The minimum atomic E-state index is -0.250. The van der Waals surface area contributed by atoms with Crippen LogP contribution in [0.3, 0.4) is 0 Å². The molecule has 2 heterocycles. The number of hydrogen-bond acceptors (Lipinski definition) is 4. The summed E-state index contributed by atoms with van der Waals surface area (Å²) >= 11 is 0. The lowest BCUT2D eigenvalue weighted by Gasteiger charge is -2.35. The molecule has 2 fully saturated rings. The third-order valence-corrected chi connectivity index (χ3v) is 3.64. The van der Waals surface area contributed by atoms with Gasteiger partial charge < -0.3 is 15.0 Å². The van der Waals surface area contributed by atoms with Crippen LogP contribution < -0.4 is 5.32 Å². The molecule has 1 unspecified atom stereocenters. The molecular weight excluding hydrogens is 258 g/mol. The van der Waals surface area contributed by atoms with Crippen molar-refractivity contribution in [2.75, 3.05) is 45.9 Å². The van der Waals surface area contributed by atoms with E-state index >= 15 is 0 Å². The van der Waals surface area contributed by atoms with Gasteiger partial charge in [0.2, 0.25) is 5.91 Å². The van der Waals surface area contributed by atoms with E-state index in [-0.39, 0.29) is 24.5 Å². The van der Waals surface area contributed by atoms with Gasteiger partial charge in [-0.15, -0.1) is 6.42 Å². The van der Waals surface area contributed by atoms with Gasteiger partial charge in [-0.2, -0.15) is 0 Å². The van der Waals surface area contributed by atoms with Crippen LogP contribution in [0, 0.1) is 12.3 Å². The first-order valence-electron chi connectivity index (χ1n) is 7.03. The fraction of sp³-hybridized carbons (Fsp3) is 0.714. The standard InChI is InChI=1S/C14H21N3O3/c1-2-5-15-13(18)11-16-6-8-17(9-7-16)14(19)12-4-3-10-20-12/h1,12H,3-11H2,(H,15,18). The molecule has 2 aliphatic heterocycles. The summed E-state index contributed by atoms with van der Waals surface area (Å²) in [6.07, 6.45) is 6.63. The Morgan fingerprint density at radius 1 is 1.30 bits per heavy atom. The smallest absolute Gasteiger partial charge is 0.251 e. The topological polar surface area (TPSA) is 61.9 Å². The highest BCUT2D eigenvalue weighted by molar-refractivity contribution is 5.81. The molecule has 0 spiro atoms. The summed E-state index contributed by atoms with van der Waals surface area (Å²) < 4.78 is 5.42. The van der Waals surface area contributed by atoms with E-state index in [4.69, 9.17) is 11.2 Å². The van der Waals surface area contributed by atoms with Crippen LogP contribution in [-0.4, -0.2) is 73.6 Å². The normalized spacial score (nSPS) is 23.4. The fourth-order valence-corrected chi connectivity index (χ4v) is 2.51. The van der Waals surface area contributed by atoms with Crippen molar-refractivity contribution in [1.29, 1.82) is 0 Å². The van der Waals surface area contributed by atoms with E-state index in [0.29, 0.717) is 39.3 Å². The summed E-state index contributed by atoms with van der Waals surface area (Å²) in [6, 6.07) is 0. The fourth-order valence-electron chi connectivity index (χ4n) is 2.51. The number of amides is 2. The second kappa shape index (κ2) is 7.27. The molecule has 6 heteroatoms. The molecule has 20 heavy (non-hydrogen) atoms. The third kappa shape index (κ3) is 3.95. The predicted octanol–water partition coefficient (Wildman–Crippen LogP) is -0.941. The molecule has 2 rings (SSSR count). The number of carbonyl (C=O) groups is 2. The molecule has 1 N–H and O–H groups in total. The third-order valence-electron chi connectivity index (χ3n) is 3.64. The van der Waals surface area contributed by atoms with Gasteiger partial charge in [0.15, 0.2) is 0 Å². The van der Waals surface area contributed by atoms with Gasteiger partial charge in [-0.05, 0) is 12.8 Å². The maximum atomic E-state index is 12.2. The number of nitrogens with one attached hydrogen (secondary N) is 1. The number of piperazine rings is 1. The first-order chi connectivity index (χ1) is 9.70. The van der Waals surface area contributed by atoms with E-state index in [0.717, 1.165) is 12.8 Å². The summed E-state index contributed by atoms with van der Waals surface area (Å²) in [5, 5.41) is 2.64. The molecule has 0 aromatic rings. The first kappa shape index (κ1) is 14.8. The summed E-state index contributed by atoms with van der Waals surface area (Å²) in [7, 11) is 0. The van der Waals surface area contributed by atoms with Gasteiger partial charge in [-0.1, -0.05) is 5.92 Å². The predicted molar refractivity (Wildman–Crippen MR) is 73.8 cm³/mol. The Hall–Kier alpha value is -1.58. The summed E-state index contributed by atoms with van der Waals surface area (Å²) in [5.41, 5.74) is 0. The van der Waals surface area contributed by atoms with Crippen LogP contribution in [0.25, 0.3) is 0 Å². The average Bonchev–Trinajstić information content (AvgIpc) is 2.99. The van der Waals surface area contributed by atoms with Gasteiger partial charge in [0.05, 0.1) is 13.1 Å². The van der Waals surface area contributed by atoms with E-state index in [9.17, 15) is 9.59 Å². The van der Waals surface area contributed by atoms with E-state index in [1.54, 1.807) is 0 Å². The van der Waals surface area contributed by atoms with Crippen LogP contribution in [-0.2, 0) is 14.3 Å². The minimum absolute atomic E-state index is 0.0677. The minimum Gasteiger partial charge on any atom is -0.368 e. The molecule has 0 saturated carbocycles. The van der Waals surface area contributed by atoms with Gasteiger partial charge in [-0.3, -0.25) is 14.5 Å². The van der Waals surface area contributed by atoms with Crippen molar-refractivity contribution in [3.05, 3.63) is 0 Å². The van der Waals surface area contributed by atoms with Gasteiger partial charge in [0, 0.05) is 32.8 Å². The molecule has 2 aliphatic rings. The molecule has 0 bridgehead atoms. The Kier molecular flexibility index (Phi) is 5.39. The molecule has 2 amide bonds. The van der Waals surface area contributed by atoms with Crippen LogP contribution in [0.5, 0.6) is 0 Å². The van der Waals surface area contributed by atoms with Gasteiger partial charge in [0.1, 0.15) is 6.10 Å². The zero-order chi connectivity index (χ0) is 14.4. The summed E-state index contributed by atoms with van der Waals surface area (Å²) in [4.78, 5) is 27.6. The van der Waals surface area contributed by atoms with Crippen molar-refractivity contribution in [3.63, 3.8) is 0 Å². The van der Waals surface area contributed by atoms with E-state index < -0.39 is 0 Å². The zero-order valence-corrected chi connectivity index (χ0v) is 11.6. The Bertz CT molecular complexity index is 391. The number of ether oxygens (including phenoxy) is 1. The molecule has 0 radical (unpaired) electrons. The SMILES string of the molecule is C#CCNC(=O)CN1CCN(C(=O)C2CCCO2)CC1. The lowest BCUT2D eigenvalue weighted by molar-refractivity contribution is -0.142. The highest BCUT2D eigenvalue weighted by Crippen LogP contribution is 2.15.